The van der Waals surface area contributed by atoms with Crippen molar-refractivity contribution in [1.82, 2.24) is 4.90 Å². The van der Waals surface area contributed by atoms with Gasteiger partial charge in [0.15, 0.2) is 5.78 Å². The average molecular weight is 319 g/mol. The number of Topliss-reactive ketones (excluding diaryl/α,β-unsaturated/α-hetero) is 1. The predicted octanol–water partition coefficient (Wildman–Crippen LogP) is 3.20. The molecule has 0 bridgehead atoms. The number of nitrogens with zero attached hydrogens (tertiary/aromatic N) is 1. The van der Waals surface area contributed by atoms with E-state index in [9.17, 15) is 9.59 Å². The highest BCUT2D eigenvalue weighted by atomic mass is 16.6. The Bertz CT molecular complexity index is 577. The fraction of sp³-hybridized carbons (Fsp3) is 0.556. The molecular weight excluding hydrogens is 294 g/mol. The Kier molecular flexibility index (Phi) is 5.42. The zero-order valence-electron chi connectivity index (χ0n) is 14.3. The summed E-state index contributed by atoms with van der Waals surface area (Å²) in [6, 6.07) is 7.20. The van der Waals surface area contributed by atoms with E-state index in [1.54, 1.807) is 11.0 Å². The van der Waals surface area contributed by atoms with Crippen molar-refractivity contribution in [2.24, 2.45) is 0 Å². The number of benzene rings is 1. The van der Waals surface area contributed by atoms with Crippen molar-refractivity contribution in [1.29, 1.82) is 0 Å². The molecule has 0 aromatic heterocycles. The van der Waals surface area contributed by atoms with Crippen LogP contribution in [0.4, 0.5) is 4.79 Å². The van der Waals surface area contributed by atoms with E-state index in [0.717, 1.165) is 5.56 Å². The van der Waals surface area contributed by atoms with Gasteiger partial charge in [-0.1, -0.05) is 23.8 Å². The van der Waals surface area contributed by atoms with Gasteiger partial charge in [-0.15, -0.1) is 0 Å². The minimum absolute atomic E-state index is 0.0118. The van der Waals surface area contributed by atoms with Crippen molar-refractivity contribution in [3.8, 4) is 0 Å². The largest absolute Gasteiger partial charge is 0.444 e. The molecule has 1 amide bonds. The number of hydrogen-bond donors (Lipinski definition) is 0. The van der Waals surface area contributed by atoms with E-state index in [4.69, 9.17) is 9.47 Å². The van der Waals surface area contributed by atoms with E-state index in [1.165, 1.54) is 0 Å². The molecule has 5 heteroatoms. The van der Waals surface area contributed by atoms with Gasteiger partial charge in [0.2, 0.25) is 0 Å². The van der Waals surface area contributed by atoms with Crippen LogP contribution in [0.15, 0.2) is 24.3 Å². The SMILES string of the molecule is Cc1cccc(C(=O)CC2COCCN2C(=O)OC(C)(C)C)c1. The molecule has 1 unspecified atom stereocenters. The Labute approximate surface area is 137 Å². The summed E-state index contributed by atoms with van der Waals surface area (Å²) >= 11 is 0. The minimum Gasteiger partial charge on any atom is -0.444 e. The lowest BCUT2D eigenvalue weighted by Crippen LogP contribution is -2.51. The van der Waals surface area contributed by atoms with Gasteiger partial charge in [-0.3, -0.25) is 4.79 Å². The zero-order chi connectivity index (χ0) is 17.0. The van der Waals surface area contributed by atoms with Gasteiger partial charge in [0.1, 0.15) is 5.60 Å². The van der Waals surface area contributed by atoms with Gasteiger partial charge >= 0.3 is 6.09 Å². The fourth-order valence-corrected chi connectivity index (χ4v) is 2.54. The molecule has 0 spiro atoms. The molecule has 1 aliphatic heterocycles. The van der Waals surface area contributed by atoms with E-state index in [0.29, 0.717) is 25.3 Å². The Morgan fingerprint density at radius 1 is 1.35 bits per heavy atom. The summed E-state index contributed by atoms with van der Waals surface area (Å²) in [6.45, 7) is 8.72. The molecule has 1 fully saturated rings. The van der Waals surface area contributed by atoms with Gasteiger partial charge in [-0.2, -0.15) is 0 Å². The first kappa shape index (κ1) is 17.5. The minimum atomic E-state index is -0.555. The van der Waals surface area contributed by atoms with Crippen LogP contribution >= 0.6 is 0 Å². The van der Waals surface area contributed by atoms with Crippen molar-refractivity contribution >= 4 is 11.9 Å². The number of rotatable bonds is 3. The van der Waals surface area contributed by atoms with Gasteiger partial charge in [-0.05, 0) is 33.8 Å². The lowest BCUT2D eigenvalue weighted by Gasteiger charge is -2.36. The maximum Gasteiger partial charge on any atom is 0.410 e. The number of morpholine rings is 1. The first-order chi connectivity index (χ1) is 10.8. The maximum absolute atomic E-state index is 12.5. The van der Waals surface area contributed by atoms with Crippen molar-refractivity contribution < 1.29 is 19.1 Å². The smallest absolute Gasteiger partial charge is 0.410 e. The van der Waals surface area contributed by atoms with Gasteiger partial charge in [0.05, 0.1) is 19.3 Å². The van der Waals surface area contributed by atoms with E-state index in [1.807, 2.05) is 45.9 Å². The Morgan fingerprint density at radius 2 is 2.09 bits per heavy atom. The topological polar surface area (TPSA) is 55.8 Å². The molecule has 23 heavy (non-hydrogen) atoms. The second-order valence-corrected chi connectivity index (χ2v) is 6.90. The predicted molar refractivity (Wildman–Crippen MR) is 87.7 cm³/mol. The molecule has 1 atom stereocenters. The van der Waals surface area contributed by atoms with E-state index in [2.05, 4.69) is 0 Å². The Balaban J connectivity index is 2.06. The highest BCUT2D eigenvalue weighted by molar-refractivity contribution is 5.96. The van der Waals surface area contributed by atoms with E-state index in [-0.39, 0.29) is 24.3 Å². The fourth-order valence-electron chi connectivity index (χ4n) is 2.54. The van der Waals surface area contributed by atoms with Crippen LogP contribution in [0.3, 0.4) is 0 Å². The van der Waals surface area contributed by atoms with Crippen molar-refractivity contribution in [2.75, 3.05) is 19.8 Å². The molecule has 0 saturated carbocycles. The second-order valence-electron chi connectivity index (χ2n) is 6.90. The summed E-state index contributed by atoms with van der Waals surface area (Å²) in [5, 5.41) is 0. The van der Waals surface area contributed by atoms with Crippen LogP contribution in [-0.4, -0.2) is 48.2 Å². The zero-order valence-corrected chi connectivity index (χ0v) is 14.3. The second kappa shape index (κ2) is 7.13. The maximum atomic E-state index is 12.5. The third-order valence-electron chi connectivity index (χ3n) is 3.62. The first-order valence-corrected chi connectivity index (χ1v) is 7.93. The number of ketones is 1. The molecular formula is C18H25NO4. The van der Waals surface area contributed by atoms with E-state index < -0.39 is 5.60 Å². The van der Waals surface area contributed by atoms with Crippen LogP contribution in [0.25, 0.3) is 0 Å². The highest BCUT2D eigenvalue weighted by Crippen LogP contribution is 2.18. The van der Waals surface area contributed by atoms with Crippen molar-refractivity contribution in [2.45, 2.75) is 45.8 Å². The van der Waals surface area contributed by atoms with Gasteiger partial charge in [-0.25, -0.2) is 4.79 Å². The number of ether oxygens (including phenoxy) is 2. The summed E-state index contributed by atoms with van der Waals surface area (Å²) in [6.07, 6.45) is -0.147. The van der Waals surface area contributed by atoms with Gasteiger partial charge < -0.3 is 14.4 Å². The highest BCUT2D eigenvalue weighted by Gasteiger charge is 2.32. The number of amides is 1. The Morgan fingerprint density at radius 3 is 2.74 bits per heavy atom. The van der Waals surface area contributed by atoms with Crippen LogP contribution in [-0.2, 0) is 9.47 Å². The molecule has 0 aliphatic carbocycles. The summed E-state index contributed by atoms with van der Waals surface area (Å²) in [5.74, 6) is 0.0118. The monoisotopic (exact) mass is 319 g/mol. The third-order valence-corrected chi connectivity index (χ3v) is 3.62. The number of carbonyl (C=O) groups is 2. The molecule has 0 N–H and O–H groups in total. The molecule has 0 radical (unpaired) electrons. The van der Waals surface area contributed by atoms with Crippen molar-refractivity contribution in [3.05, 3.63) is 35.4 Å². The lowest BCUT2D eigenvalue weighted by molar-refractivity contribution is -0.0322. The standard InChI is InChI=1S/C18H25NO4/c1-13-6-5-7-14(10-13)16(20)11-15-12-22-9-8-19(15)17(21)23-18(2,3)4/h5-7,10,15H,8-9,11-12H2,1-4H3. The van der Waals surface area contributed by atoms with Gasteiger partial charge in [0.25, 0.3) is 0 Å². The van der Waals surface area contributed by atoms with E-state index >= 15 is 0 Å². The number of carbonyl (C=O) groups excluding carboxylic acids is 2. The summed E-state index contributed by atoms with van der Waals surface area (Å²) < 4.78 is 10.9. The molecule has 1 saturated heterocycles. The molecule has 1 heterocycles. The van der Waals surface area contributed by atoms with Gasteiger partial charge in [0, 0.05) is 18.5 Å². The van der Waals surface area contributed by atoms with Crippen LogP contribution in [0.5, 0.6) is 0 Å². The average Bonchev–Trinajstić information content (AvgIpc) is 2.46. The number of aryl methyl sites for hydroxylation is 1. The van der Waals surface area contributed by atoms with Crippen LogP contribution in [0.1, 0.15) is 43.1 Å². The molecule has 126 valence electrons. The first-order valence-electron chi connectivity index (χ1n) is 7.93. The number of hydrogen-bond acceptors (Lipinski definition) is 4. The summed E-state index contributed by atoms with van der Waals surface area (Å²) in [4.78, 5) is 26.4. The lowest BCUT2D eigenvalue weighted by atomic mass is 10.0. The summed E-state index contributed by atoms with van der Waals surface area (Å²) in [7, 11) is 0. The summed E-state index contributed by atoms with van der Waals surface area (Å²) in [5.41, 5.74) is 1.15. The van der Waals surface area contributed by atoms with Crippen LogP contribution in [0.2, 0.25) is 0 Å². The molecule has 5 nitrogen and oxygen atoms in total. The molecule has 1 aromatic carbocycles. The Hall–Kier alpha value is -1.88. The molecule has 1 aliphatic rings. The quantitative estimate of drug-likeness (QED) is 0.803. The molecule has 2 rings (SSSR count). The third kappa shape index (κ3) is 5.06. The van der Waals surface area contributed by atoms with Crippen molar-refractivity contribution in [3.63, 3.8) is 0 Å². The van der Waals surface area contributed by atoms with Crippen LogP contribution < -0.4 is 0 Å². The van der Waals surface area contributed by atoms with Crippen LogP contribution in [0, 0.1) is 6.92 Å². The molecule has 1 aromatic rings. The normalized spacial score (nSPS) is 18.6.